The Kier molecular flexibility index (Phi) is 15.5. The Labute approximate surface area is 501 Å². The molecule has 0 aliphatic rings. The van der Waals surface area contributed by atoms with Crippen LogP contribution in [0.2, 0.25) is 10.0 Å². The fourth-order valence-corrected chi connectivity index (χ4v) is 11.4. The normalized spacial score (nSPS) is 11.7. The molecular formula is C69H61Cl2N9O3S. The van der Waals surface area contributed by atoms with E-state index in [1.807, 2.05) is 128 Å². The van der Waals surface area contributed by atoms with Gasteiger partial charge in [0.15, 0.2) is 11.5 Å². The van der Waals surface area contributed by atoms with Crippen LogP contribution in [-0.4, -0.2) is 60.3 Å². The van der Waals surface area contributed by atoms with E-state index < -0.39 is 0 Å². The lowest BCUT2D eigenvalue weighted by molar-refractivity contribution is 0.438. The summed E-state index contributed by atoms with van der Waals surface area (Å²) in [5.74, 6) is 0.526. The van der Waals surface area contributed by atoms with E-state index in [9.17, 15) is 15.3 Å². The minimum atomic E-state index is -0.174. The van der Waals surface area contributed by atoms with Gasteiger partial charge in [-0.15, -0.1) is 45.0 Å². The predicted octanol–water partition coefficient (Wildman–Crippen LogP) is 17.8. The topological polar surface area (TPSA) is 153 Å². The van der Waals surface area contributed by atoms with Gasteiger partial charge < -0.3 is 15.3 Å². The third kappa shape index (κ3) is 11.8. The molecule has 0 saturated carbocycles. The minimum absolute atomic E-state index is 0.0327. The van der Waals surface area contributed by atoms with Crippen molar-refractivity contribution in [3.05, 3.63) is 226 Å². The molecule has 0 aliphatic heterocycles. The number of nitrogens with zero attached hydrogens (tertiary/aromatic N) is 9. The Morgan fingerprint density at radius 2 is 0.893 bits per heavy atom. The molecule has 13 rings (SSSR count). The molecule has 0 unspecified atom stereocenters. The summed E-state index contributed by atoms with van der Waals surface area (Å²) in [7, 11) is 0. The number of aryl methyl sites for hydroxylation is 3. The van der Waals surface area contributed by atoms with E-state index in [4.69, 9.17) is 23.2 Å². The van der Waals surface area contributed by atoms with Crippen LogP contribution in [0.5, 0.6) is 17.2 Å². The Bertz CT molecular complexity index is 4560. The van der Waals surface area contributed by atoms with E-state index in [1.165, 1.54) is 25.6 Å². The number of halogens is 2. The number of phenols is 3. The molecule has 13 aromatic rings. The van der Waals surface area contributed by atoms with Crippen molar-refractivity contribution in [2.24, 2.45) is 0 Å². The molecule has 420 valence electrons. The van der Waals surface area contributed by atoms with Gasteiger partial charge in [0.05, 0.1) is 0 Å². The van der Waals surface area contributed by atoms with Crippen molar-refractivity contribution in [1.82, 2.24) is 45.0 Å². The van der Waals surface area contributed by atoms with Gasteiger partial charge in [-0.2, -0.15) is 0 Å². The summed E-state index contributed by atoms with van der Waals surface area (Å²) in [6.07, 6.45) is 0. The van der Waals surface area contributed by atoms with Crippen molar-refractivity contribution in [3.63, 3.8) is 0 Å². The molecule has 3 N–H and O–H groups in total. The Morgan fingerprint density at radius 3 is 1.48 bits per heavy atom. The number of benzene rings is 10. The highest BCUT2D eigenvalue weighted by atomic mass is 35.5. The molecule has 0 bridgehead atoms. The molecule has 3 aromatic heterocycles. The van der Waals surface area contributed by atoms with Gasteiger partial charge in [0.2, 0.25) is 0 Å². The van der Waals surface area contributed by atoms with Crippen molar-refractivity contribution >= 4 is 78.8 Å². The number of hydrogen-bond acceptors (Lipinski definition) is 10. The molecule has 0 radical (unpaired) electrons. The molecule has 10 aromatic carbocycles. The van der Waals surface area contributed by atoms with Crippen LogP contribution in [0.4, 0.5) is 0 Å². The van der Waals surface area contributed by atoms with Crippen molar-refractivity contribution in [2.75, 3.05) is 0 Å². The van der Waals surface area contributed by atoms with Gasteiger partial charge in [-0.25, -0.2) is 0 Å². The van der Waals surface area contributed by atoms with E-state index in [0.29, 0.717) is 43.7 Å². The molecule has 84 heavy (non-hydrogen) atoms. The van der Waals surface area contributed by atoms with Crippen molar-refractivity contribution in [1.29, 1.82) is 0 Å². The van der Waals surface area contributed by atoms with Crippen LogP contribution in [0.1, 0.15) is 69.4 Å². The van der Waals surface area contributed by atoms with Crippen molar-refractivity contribution in [2.45, 2.75) is 82.9 Å². The lowest BCUT2D eigenvalue weighted by atomic mass is 9.80. The van der Waals surface area contributed by atoms with Crippen molar-refractivity contribution < 1.29 is 15.3 Å². The second kappa shape index (κ2) is 23.0. The fourth-order valence-electron chi connectivity index (χ4n) is 10.0. The maximum Gasteiger partial charge on any atom is 0.150 e. The third-order valence-corrected chi connectivity index (χ3v) is 16.3. The first-order valence-corrected chi connectivity index (χ1v) is 29.0. The molecule has 0 atom stereocenters. The quantitative estimate of drug-likeness (QED) is 0.141. The molecule has 0 aliphatic carbocycles. The molecule has 0 saturated heterocycles. The number of aromatic hydroxyl groups is 3. The average Bonchev–Trinajstić information content (AvgIpc) is 3.25. The zero-order chi connectivity index (χ0) is 59.2. The van der Waals surface area contributed by atoms with E-state index in [0.717, 1.165) is 71.2 Å². The van der Waals surface area contributed by atoms with Gasteiger partial charge in [0.1, 0.15) is 55.9 Å². The standard InChI is InChI=1S/C26H20ClN3OS.C23H16ClN3O.C20H25N3O/c1-16-7-6-8-17(2)26(16)32-20-14-21(18-9-4-3-5-10-18)25(31)24(15-20)30-28-22-12-11-19(27)13-23(22)29-30;1-14-11-19(18-8-4-6-15-5-2-3-7-17(15)18)23(28)22(12-14)27-25-20-10-9-16(24)13-21(20)26-27;1-19(2,3)13-11-14(20(4,5)6)18(24)17(12-13)23-21-15-9-7-8-10-16(15)22-23/h3-15,31H,1-2H3;2-13,28H,1H3;7-12,24H,1-6H3. The number of rotatable bonds is 7. The first-order valence-electron chi connectivity index (χ1n) is 27.4. The molecule has 0 spiro atoms. The number of hydrogen-bond donors (Lipinski definition) is 3. The SMILES string of the molecule is CC(C)(C)c1cc(-n2nc3ccccc3n2)c(O)c(C(C)(C)C)c1.Cc1cc(-c2cccc3ccccc23)c(O)c(-n2nc3ccc(Cl)cc3n2)c1.Cc1cccc(C)c1Sc1cc(-c2ccccc2)c(O)c(-n2nc3ccc(Cl)cc3n2)c1. The first-order chi connectivity index (χ1) is 40.2. The maximum absolute atomic E-state index is 11.2. The number of aromatic nitrogens is 9. The highest BCUT2D eigenvalue weighted by Gasteiger charge is 2.27. The number of phenolic OH excluding ortho intramolecular Hbond substituents is 3. The maximum atomic E-state index is 11.2. The highest BCUT2D eigenvalue weighted by Crippen LogP contribution is 2.44. The summed E-state index contributed by atoms with van der Waals surface area (Å²) >= 11 is 13.9. The summed E-state index contributed by atoms with van der Waals surface area (Å²) in [4.78, 5) is 6.70. The predicted molar refractivity (Wildman–Crippen MR) is 342 cm³/mol. The Hall–Kier alpha value is -9.01. The monoisotopic (exact) mass is 1170 g/mol. The molecule has 0 amide bonds. The summed E-state index contributed by atoms with van der Waals surface area (Å²) in [6, 6.07) is 60.7. The van der Waals surface area contributed by atoms with Crippen LogP contribution >= 0.6 is 35.0 Å². The van der Waals surface area contributed by atoms with Gasteiger partial charge >= 0.3 is 0 Å². The van der Waals surface area contributed by atoms with Gasteiger partial charge in [-0.1, -0.05) is 186 Å². The van der Waals surface area contributed by atoms with Gasteiger partial charge in [-0.05, 0) is 155 Å². The van der Waals surface area contributed by atoms with Crippen LogP contribution in [-0.2, 0) is 10.8 Å². The van der Waals surface area contributed by atoms with Crippen LogP contribution in [0.25, 0.3) is 83.2 Å². The van der Waals surface area contributed by atoms with Gasteiger partial charge in [0.25, 0.3) is 0 Å². The Balaban J connectivity index is 0.000000133. The van der Waals surface area contributed by atoms with Crippen LogP contribution in [0.15, 0.2) is 198 Å². The summed E-state index contributed by atoms with van der Waals surface area (Å²) < 4.78 is 0. The second-order valence-electron chi connectivity index (χ2n) is 22.8. The lowest BCUT2D eigenvalue weighted by Gasteiger charge is -2.27. The highest BCUT2D eigenvalue weighted by molar-refractivity contribution is 7.99. The van der Waals surface area contributed by atoms with E-state index in [1.54, 1.807) is 40.8 Å². The largest absolute Gasteiger partial charge is 0.505 e. The van der Waals surface area contributed by atoms with E-state index >= 15 is 0 Å². The second-order valence-corrected chi connectivity index (χ2v) is 24.8. The van der Waals surface area contributed by atoms with Crippen molar-refractivity contribution in [3.8, 4) is 56.6 Å². The lowest BCUT2D eigenvalue weighted by Crippen LogP contribution is -2.18. The molecule has 0 fully saturated rings. The third-order valence-electron chi connectivity index (χ3n) is 14.5. The Morgan fingerprint density at radius 1 is 0.405 bits per heavy atom. The average molecular weight is 1170 g/mol. The molecule has 15 heteroatoms. The smallest absolute Gasteiger partial charge is 0.150 e. The zero-order valence-corrected chi connectivity index (χ0v) is 50.3. The summed E-state index contributed by atoms with van der Waals surface area (Å²) in [5.41, 5.74) is 14.8. The molecule has 3 heterocycles. The first kappa shape index (κ1) is 56.8. The van der Waals surface area contributed by atoms with E-state index in [-0.39, 0.29) is 28.1 Å². The fraction of sp³-hybridized carbons (Fsp3) is 0.159. The number of fused-ring (bicyclic) bond motifs is 4. The minimum Gasteiger partial charge on any atom is -0.505 e. The van der Waals surface area contributed by atoms with Crippen LogP contribution in [0, 0.1) is 20.8 Å². The summed E-state index contributed by atoms with van der Waals surface area (Å²) in [6.45, 7) is 19.0. The van der Waals surface area contributed by atoms with Crippen LogP contribution in [0.3, 0.4) is 0 Å². The molecular weight excluding hydrogens is 1110 g/mol. The van der Waals surface area contributed by atoms with Crippen LogP contribution < -0.4 is 0 Å². The summed E-state index contributed by atoms with van der Waals surface area (Å²) in [5, 5.41) is 63.9. The zero-order valence-electron chi connectivity index (χ0n) is 47.9. The van der Waals surface area contributed by atoms with E-state index in [2.05, 4.69) is 128 Å². The molecule has 12 nitrogen and oxygen atoms in total. The van der Waals surface area contributed by atoms with Gasteiger partial charge in [-0.3, -0.25) is 0 Å². The van der Waals surface area contributed by atoms with Gasteiger partial charge in [0, 0.05) is 36.5 Å².